The lowest BCUT2D eigenvalue weighted by Crippen LogP contribution is -2.40. The fraction of sp³-hybridized carbons (Fsp3) is 0.947. The summed E-state index contributed by atoms with van der Waals surface area (Å²) in [6, 6.07) is 0. The van der Waals surface area contributed by atoms with Gasteiger partial charge in [0.25, 0.3) is 0 Å². The summed E-state index contributed by atoms with van der Waals surface area (Å²) in [6.45, 7) is 1.81. The van der Waals surface area contributed by atoms with Gasteiger partial charge in [0.05, 0.1) is 27.7 Å². The monoisotopic (exact) mass is 442 g/mol. The molecule has 2 unspecified atom stereocenters. The first-order valence-corrected chi connectivity index (χ1v) is 12.0. The highest BCUT2D eigenvalue weighted by Gasteiger charge is 2.37. The van der Waals surface area contributed by atoms with Crippen LogP contribution >= 0.6 is 7.82 Å². The Morgan fingerprint density at radius 2 is 1.59 bits per heavy atom. The van der Waals surface area contributed by atoms with Crippen LogP contribution in [0.15, 0.2) is 0 Å². The smallest absolute Gasteiger partial charge is 0.393 e. The maximum atomic E-state index is 12.5. The van der Waals surface area contributed by atoms with Gasteiger partial charge in [-0.3, -0.25) is 19.1 Å². The number of rotatable bonds is 19. The van der Waals surface area contributed by atoms with E-state index in [1.165, 1.54) is 25.7 Å². The highest BCUT2D eigenvalue weighted by Crippen LogP contribution is 2.45. The van der Waals surface area contributed by atoms with Crippen molar-refractivity contribution in [2.75, 3.05) is 40.9 Å². The van der Waals surface area contributed by atoms with Crippen molar-refractivity contribution in [1.29, 1.82) is 0 Å². The van der Waals surface area contributed by atoms with E-state index in [0.29, 0.717) is 17.4 Å². The van der Waals surface area contributed by atoms with Gasteiger partial charge < -0.3 is 14.5 Å². The van der Waals surface area contributed by atoms with Gasteiger partial charge in [0.1, 0.15) is 19.3 Å². The molecule has 0 aliphatic carbocycles. The normalized spacial score (nSPS) is 16.4. The first-order chi connectivity index (χ1) is 13.6. The van der Waals surface area contributed by atoms with Gasteiger partial charge in [0, 0.05) is 6.42 Å². The van der Waals surface area contributed by atoms with Crippen molar-refractivity contribution in [2.24, 2.45) is 0 Å². The van der Waals surface area contributed by atoms with Crippen LogP contribution in [0.5, 0.6) is 0 Å². The Kier molecular flexibility index (Phi) is 15.2. The van der Waals surface area contributed by atoms with E-state index in [9.17, 15) is 19.4 Å². The lowest BCUT2D eigenvalue weighted by Gasteiger charge is -2.26. The van der Waals surface area contributed by atoms with Gasteiger partial charge in [-0.25, -0.2) is 9.45 Å². The van der Waals surface area contributed by atoms with Crippen LogP contribution in [0.25, 0.3) is 0 Å². The SMILES string of the molecule is CCCCCCCCCCC(=O)C(OP(=O)(O)OCC[N+](C)(C)C)[C@H](CO)OO. The second-order valence-electron chi connectivity index (χ2n) is 8.36. The molecule has 174 valence electrons. The minimum atomic E-state index is -4.56. The third-order valence-corrected chi connectivity index (χ3v) is 5.51. The van der Waals surface area contributed by atoms with E-state index in [1.807, 2.05) is 21.1 Å². The molecule has 0 aliphatic rings. The molecule has 3 atom stereocenters. The lowest BCUT2D eigenvalue weighted by molar-refractivity contribution is -0.870. The van der Waals surface area contributed by atoms with E-state index in [0.717, 1.165) is 19.3 Å². The van der Waals surface area contributed by atoms with Crippen molar-refractivity contribution in [3.63, 3.8) is 0 Å². The Hall–Kier alpha value is -0.380. The Balaban J connectivity index is 4.56. The number of Topliss-reactive ketones (excluding diaryl/α,β-unsaturated/α-hetero) is 1. The Morgan fingerprint density at radius 1 is 1.03 bits per heavy atom. The fourth-order valence-electron chi connectivity index (χ4n) is 2.70. The molecule has 0 aromatic rings. The first-order valence-electron chi connectivity index (χ1n) is 10.5. The lowest BCUT2D eigenvalue weighted by atomic mass is 10.0. The zero-order valence-corrected chi connectivity index (χ0v) is 19.3. The number of quaternary nitrogens is 1. The average molecular weight is 443 g/mol. The van der Waals surface area contributed by atoms with Crippen LogP contribution in [0, 0.1) is 0 Å². The maximum Gasteiger partial charge on any atom is 0.473 e. The van der Waals surface area contributed by atoms with Gasteiger partial charge in [-0.1, -0.05) is 51.9 Å². The summed E-state index contributed by atoms with van der Waals surface area (Å²) in [5.74, 6) is -0.520. The Labute approximate surface area is 175 Å². The van der Waals surface area contributed by atoms with E-state index in [2.05, 4.69) is 11.8 Å². The third kappa shape index (κ3) is 15.1. The molecule has 0 rings (SSSR count). The van der Waals surface area contributed by atoms with Gasteiger partial charge in [0.15, 0.2) is 11.9 Å². The molecule has 9 nitrogen and oxygen atoms in total. The molecule has 0 aromatic heterocycles. The summed E-state index contributed by atoms with van der Waals surface area (Å²) < 4.78 is 22.6. The molecule has 0 fully saturated rings. The highest BCUT2D eigenvalue weighted by atomic mass is 31.2. The summed E-state index contributed by atoms with van der Waals surface area (Å²) in [7, 11) is 1.12. The summed E-state index contributed by atoms with van der Waals surface area (Å²) in [5, 5.41) is 18.2. The number of aliphatic hydroxyl groups excluding tert-OH is 1. The van der Waals surface area contributed by atoms with Crippen LogP contribution in [0.2, 0.25) is 0 Å². The Bertz CT molecular complexity index is 479. The minimum Gasteiger partial charge on any atom is -0.393 e. The molecule has 0 aliphatic heterocycles. The second-order valence-corrected chi connectivity index (χ2v) is 9.77. The van der Waals surface area contributed by atoms with Crippen molar-refractivity contribution >= 4 is 13.6 Å². The topological polar surface area (TPSA) is 123 Å². The number of hydrogen-bond acceptors (Lipinski definition) is 7. The van der Waals surface area contributed by atoms with Gasteiger partial charge >= 0.3 is 7.82 Å². The van der Waals surface area contributed by atoms with E-state index < -0.39 is 32.4 Å². The highest BCUT2D eigenvalue weighted by molar-refractivity contribution is 7.47. The van der Waals surface area contributed by atoms with Crippen LogP contribution in [0.1, 0.15) is 64.7 Å². The summed E-state index contributed by atoms with van der Waals surface area (Å²) in [5.41, 5.74) is 0. The second kappa shape index (κ2) is 15.4. The van der Waals surface area contributed by atoms with Crippen LogP contribution in [0.4, 0.5) is 0 Å². The number of phosphoric ester groups is 1. The molecule has 0 spiro atoms. The standard InChI is InChI=1S/C19H40NO8P/c1-5-6-7-8-9-10-11-12-13-17(22)19(18(16-21)27-23)28-29(24,25)26-15-14-20(2,3)4/h18-19,21H,5-16H2,1-4H3,(H-,23,24,25)/p+1/t18-,19?/m0/s1. The number of nitrogens with zero attached hydrogens (tertiary/aromatic N) is 1. The van der Waals surface area contributed by atoms with Crippen molar-refractivity contribution in [3.8, 4) is 0 Å². The summed E-state index contributed by atoms with van der Waals surface area (Å²) in [6.07, 6.45) is 5.44. The molecule has 0 heterocycles. The molecule has 0 saturated carbocycles. The van der Waals surface area contributed by atoms with E-state index in [-0.39, 0.29) is 13.0 Å². The molecular formula is C19H41NO8P+. The first kappa shape index (κ1) is 28.6. The van der Waals surface area contributed by atoms with Gasteiger partial charge in [-0.15, -0.1) is 0 Å². The molecular weight excluding hydrogens is 401 g/mol. The number of carbonyl (C=O) groups excluding carboxylic acids is 1. The number of likely N-dealkylation sites (N-methyl/N-ethyl adjacent to an activating group) is 1. The molecule has 0 bridgehead atoms. The number of ketones is 1. The Morgan fingerprint density at radius 3 is 2.07 bits per heavy atom. The summed E-state index contributed by atoms with van der Waals surface area (Å²) in [4.78, 5) is 26.5. The quantitative estimate of drug-likeness (QED) is 0.0917. The van der Waals surface area contributed by atoms with E-state index in [4.69, 9.17) is 14.3 Å². The van der Waals surface area contributed by atoms with Gasteiger partial charge in [-0.05, 0) is 6.42 Å². The van der Waals surface area contributed by atoms with E-state index >= 15 is 0 Å². The molecule has 10 heteroatoms. The molecule has 0 amide bonds. The van der Waals surface area contributed by atoms with Crippen molar-refractivity contribution in [3.05, 3.63) is 0 Å². The van der Waals surface area contributed by atoms with Crippen molar-refractivity contribution in [1.82, 2.24) is 0 Å². The number of unbranched alkanes of at least 4 members (excludes halogenated alkanes) is 7. The number of aliphatic hydroxyl groups is 1. The fourth-order valence-corrected chi connectivity index (χ4v) is 3.61. The molecule has 0 saturated heterocycles. The summed E-state index contributed by atoms with van der Waals surface area (Å²) >= 11 is 0. The maximum absolute atomic E-state index is 12.5. The van der Waals surface area contributed by atoms with Crippen molar-refractivity contribution in [2.45, 2.75) is 76.9 Å². The number of carbonyl (C=O) groups is 1. The molecule has 3 N–H and O–H groups in total. The van der Waals surface area contributed by atoms with Crippen LogP contribution in [-0.2, 0) is 23.3 Å². The molecule has 29 heavy (non-hydrogen) atoms. The molecule has 0 radical (unpaired) electrons. The largest absolute Gasteiger partial charge is 0.473 e. The number of phosphoric acid groups is 1. The van der Waals surface area contributed by atoms with Crippen LogP contribution in [0.3, 0.4) is 0 Å². The predicted octanol–water partition coefficient (Wildman–Crippen LogP) is 3.15. The van der Waals surface area contributed by atoms with E-state index in [1.54, 1.807) is 0 Å². The van der Waals surface area contributed by atoms with Crippen LogP contribution < -0.4 is 0 Å². The minimum absolute atomic E-state index is 0.0556. The zero-order chi connectivity index (χ0) is 22.3. The average Bonchev–Trinajstić information content (AvgIpc) is 2.62. The van der Waals surface area contributed by atoms with Crippen molar-refractivity contribution < 1.29 is 43.0 Å². The van der Waals surface area contributed by atoms with Gasteiger partial charge in [0.2, 0.25) is 0 Å². The van der Waals surface area contributed by atoms with Crippen LogP contribution in [-0.4, -0.2) is 78.6 Å². The molecule has 0 aromatic carbocycles. The zero-order valence-electron chi connectivity index (χ0n) is 18.4. The predicted molar refractivity (Wildman–Crippen MR) is 110 cm³/mol. The third-order valence-electron chi connectivity index (χ3n) is 4.51. The van der Waals surface area contributed by atoms with Gasteiger partial charge in [-0.2, -0.15) is 0 Å². The number of hydrogen-bond donors (Lipinski definition) is 3.